The molecule has 0 spiro atoms. The lowest BCUT2D eigenvalue weighted by Crippen LogP contribution is -2.49. The van der Waals surface area contributed by atoms with E-state index in [0.717, 1.165) is 19.6 Å². The van der Waals surface area contributed by atoms with Crippen LogP contribution in [0.2, 0.25) is 0 Å². The van der Waals surface area contributed by atoms with Gasteiger partial charge in [0.05, 0.1) is 5.56 Å². The molecule has 0 bridgehead atoms. The summed E-state index contributed by atoms with van der Waals surface area (Å²) >= 11 is 0. The van der Waals surface area contributed by atoms with E-state index in [1.807, 2.05) is 0 Å². The van der Waals surface area contributed by atoms with Crippen molar-refractivity contribution in [1.82, 2.24) is 14.8 Å². The molecule has 1 aromatic heterocycles. The summed E-state index contributed by atoms with van der Waals surface area (Å²) in [6, 6.07) is 3.27. The van der Waals surface area contributed by atoms with Gasteiger partial charge in [-0.15, -0.1) is 0 Å². The summed E-state index contributed by atoms with van der Waals surface area (Å²) in [6.45, 7) is 6.02. The van der Waals surface area contributed by atoms with E-state index >= 15 is 0 Å². The van der Waals surface area contributed by atoms with Gasteiger partial charge in [0.25, 0.3) is 5.91 Å². The SMILES string of the molecule is CCN1CCN(C(=O)COC(=O)c2cccnc2)CC1. The van der Waals surface area contributed by atoms with Gasteiger partial charge in [0.15, 0.2) is 6.61 Å². The Morgan fingerprint density at radius 2 is 2.05 bits per heavy atom. The molecule has 1 amide bonds. The van der Waals surface area contributed by atoms with Crippen LogP contribution in [-0.2, 0) is 9.53 Å². The van der Waals surface area contributed by atoms with Gasteiger partial charge >= 0.3 is 5.97 Å². The Balaban J connectivity index is 1.77. The normalized spacial score (nSPS) is 15.9. The number of aromatic nitrogens is 1. The molecule has 2 rings (SSSR count). The number of carbonyl (C=O) groups excluding carboxylic acids is 2. The first-order chi connectivity index (χ1) is 9.70. The number of ether oxygens (including phenoxy) is 1. The second-order valence-corrected chi connectivity index (χ2v) is 4.63. The molecule has 0 radical (unpaired) electrons. The zero-order chi connectivity index (χ0) is 14.4. The molecule has 1 aromatic rings. The smallest absolute Gasteiger partial charge is 0.340 e. The number of amides is 1. The Kier molecular flexibility index (Phi) is 5.06. The maximum absolute atomic E-state index is 11.9. The average Bonchev–Trinajstić information content (AvgIpc) is 2.53. The highest BCUT2D eigenvalue weighted by molar-refractivity contribution is 5.90. The van der Waals surface area contributed by atoms with Gasteiger partial charge in [-0.25, -0.2) is 4.79 Å². The Bertz CT molecular complexity index is 456. The Hall–Kier alpha value is -1.95. The fourth-order valence-electron chi connectivity index (χ4n) is 2.10. The summed E-state index contributed by atoms with van der Waals surface area (Å²) in [5.41, 5.74) is 0.358. The van der Waals surface area contributed by atoms with Crippen LogP contribution in [-0.4, -0.2) is 66.0 Å². The third kappa shape index (κ3) is 3.77. The zero-order valence-electron chi connectivity index (χ0n) is 11.6. The van der Waals surface area contributed by atoms with E-state index in [4.69, 9.17) is 4.74 Å². The predicted molar refractivity (Wildman–Crippen MR) is 73.2 cm³/mol. The highest BCUT2D eigenvalue weighted by Gasteiger charge is 2.21. The third-order valence-electron chi connectivity index (χ3n) is 3.40. The van der Waals surface area contributed by atoms with E-state index < -0.39 is 5.97 Å². The molecule has 0 aliphatic carbocycles. The maximum atomic E-state index is 11.9. The van der Waals surface area contributed by atoms with Crippen molar-refractivity contribution in [2.24, 2.45) is 0 Å². The zero-order valence-corrected chi connectivity index (χ0v) is 11.6. The molecular weight excluding hydrogens is 258 g/mol. The minimum atomic E-state index is -0.515. The number of rotatable bonds is 4. The maximum Gasteiger partial charge on any atom is 0.340 e. The van der Waals surface area contributed by atoms with Gasteiger partial charge in [-0.05, 0) is 18.7 Å². The quantitative estimate of drug-likeness (QED) is 0.746. The van der Waals surface area contributed by atoms with E-state index in [1.54, 1.807) is 23.2 Å². The Labute approximate surface area is 118 Å². The lowest BCUT2D eigenvalue weighted by atomic mass is 10.3. The minimum absolute atomic E-state index is 0.141. The van der Waals surface area contributed by atoms with Crippen molar-refractivity contribution in [2.75, 3.05) is 39.3 Å². The van der Waals surface area contributed by atoms with E-state index in [-0.39, 0.29) is 12.5 Å². The molecule has 6 heteroatoms. The van der Waals surface area contributed by atoms with Crippen molar-refractivity contribution >= 4 is 11.9 Å². The van der Waals surface area contributed by atoms with Crippen molar-refractivity contribution < 1.29 is 14.3 Å². The Morgan fingerprint density at radius 3 is 2.65 bits per heavy atom. The van der Waals surface area contributed by atoms with Crippen LogP contribution in [0.5, 0.6) is 0 Å². The van der Waals surface area contributed by atoms with Crippen LogP contribution in [0, 0.1) is 0 Å². The first kappa shape index (κ1) is 14.5. The number of esters is 1. The second-order valence-electron chi connectivity index (χ2n) is 4.63. The lowest BCUT2D eigenvalue weighted by molar-refractivity contribution is -0.136. The molecule has 0 unspecified atom stereocenters. The van der Waals surface area contributed by atoms with Crippen LogP contribution in [0.15, 0.2) is 24.5 Å². The van der Waals surface area contributed by atoms with E-state index in [0.29, 0.717) is 18.7 Å². The van der Waals surface area contributed by atoms with Gasteiger partial charge in [0.2, 0.25) is 0 Å². The second kappa shape index (κ2) is 7.00. The first-order valence-electron chi connectivity index (χ1n) is 6.78. The van der Waals surface area contributed by atoms with Crippen LogP contribution in [0.3, 0.4) is 0 Å². The van der Waals surface area contributed by atoms with Crippen LogP contribution < -0.4 is 0 Å². The van der Waals surface area contributed by atoms with E-state index in [1.165, 1.54) is 6.20 Å². The minimum Gasteiger partial charge on any atom is -0.452 e. The topological polar surface area (TPSA) is 62.7 Å². The van der Waals surface area contributed by atoms with Gasteiger partial charge in [0, 0.05) is 38.6 Å². The van der Waals surface area contributed by atoms with E-state index in [9.17, 15) is 9.59 Å². The molecule has 1 fully saturated rings. The molecule has 0 N–H and O–H groups in total. The largest absolute Gasteiger partial charge is 0.452 e. The number of piperazine rings is 1. The van der Waals surface area contributed by atoms with Gasteiger partial charge in [0.1, 0.15) is 0 Å². The van der Waals surface area contributed by atoms with Gasteiger partial charge in [-0.2, -0.15) is 0 Å². The summed E-state index contributed by atoms with van der Waals surface area (Å²) in [5.74, 6) is -0.656. The fraction of sp³-hybridized carbons (Fsp3) is 0.500. The highest BCUT2D eigenvalue weighted by Crippen LogP contribution is 2.03. The number of likely N-dealkylation sites (N-methyl/N-ethyl adjacent to an activating group) is 1. The monoisotopic (exact) mass is 277 g/mol. The van der Waals surface area contributed by atoms with Crippen molar-refractivity contribution in [3.05, 3.63) is 30.1 Å². The average molecular weight is 277 g/mol. The summed E-state index contributed by atoms with van der Waals surface area (Å²) < 4.78 is 5.01. The van der Waals surface area contributed by atoms with Gasteiger partial charge < -0.3 is 14.5 Å². The van der Waals surface area contributed by atoms with Crippen molar-refractivity contribution in [1.29, 1.82) is 0 Å². The molecule has 108 valence electrons. The van der Waals surface area contributed by atoms with Crippen molar-refractivity contribution in [2.45, 2.75) is 6.92 Å². The van der Waals surface area contributed by atoms with E-state index in [2.05, 4.69) is 16.8 Å². The molecule has 2 heterocycles. The number of pyridine rings is 1. The molecule has 1 saturated heterocycles. The number of nitrogens with zero attached hydrogens (tertiary/aromatic N) is 3. The van der Waals surface area contributed by atoms with Crippen LogP contribution in [0.25, 0.3) is 0 Å². The summed E-state index contributed by atoms with van der Waals surface area (Å²) in [4.78, 5) is 31.5. The van der Waals surface area contributed by atoms with Gasteiger partial charge in [-0.1, -0.05) is 6.92 Å². The van der Waals surface area contributed by atoms with Crippen LogP contribution >= 0.6 is 0 Å². The molecule has 1 aliphatic heterocycles. The first-order valence-corrected chi connectivity index (χ1v) is 6.78. The lowest BCUT2D eigenvalue weighted by Gasteiger charge is -2.33. The summed E-state index contributed by atoms with van der Waals surface area (Å²) in [6.07, 6.45) is 3.00. The highest BCUT2D eigenvalue weighted by atomic mass is 16.5. The van der Waals surface area contributed by atoms with Crippen molar-refractivity contribution in [3.63, 3.8) is 0 Å². The van der Waals surface area contributed by atoms with Crippen molar-refractivity contribution in [3.8, 4) is 0 Å². The molecule has 0 atom stereocenters. The molecule has 0 aromatic carbocycles. The molecule has 20 heavy (non-hydrogen) atoms. The van der Waals surface area contributed by atoms with Crippen LogP contribution in [0.4, 0.5) is 0 Å². The molecule has 6 nitrogen and oxygen atoms in total. The Morgan fingerprint density at radius 1 is 1.30 bits per heavy atom. The third-order valence-corrected chi connectivity index (χ3v) is 3.40. The summed E-state index contributed by atoms with van der Waals surface area (Å²) in [5, 5.41) is 0. The molecule has 0 saturated carbocycles. The number of hydrogen-bond acceptors (Lipinski definition) is 5. The standard InChI is InChI=1S/C14H19N3O3/c1-2-16-6-8-17(9-7-16)13(18)11-20-14(19)12-4-3-5-15-10-12/h3-5,10H,2,6-9,11H2,1H3. The number of hydrogen-bond donors (Lipinski definition) is 0. The predicted octanol–water partition coefficient (Wildman–Crippen LogP) is 0.402. The molecule has 1 aliphatic rings. The molecular formula is C14H19N3O3. The van der Waals surface area contributed by atoms with Crippen LogP contribution in [0.1, 0.15) is 17.3 Å². The van der Waals surface area contributed by atoms with Gasteiger partial charge in [-0.3, -0.25) is 9.78 Å². The fourth-order valence-corrected chi connectivity index (χ4v) is 2.10. The number of carbonyl (C=O) groups is 2. The summed E-state index contributed by atoms with van der Waals surface area (Å²) in [7, 11) is 0.